The largest absolute Gasteiger partial charge is 0.394 e. The SMILES string of the molecule is C.C.C.C.CC.CC(C)C.COCCCNC(=O)CCCC(=O)NC(COCCC(=O)NCCCO[C@@H]1OC(CO)[C@H](O)[C@H](O)C1C)(COCCC(=O)NCCCO[C@@H]1OC(CO)[C@H](O)[C@H](O)C1C)COCCC(=O)NCCCO[C@@H]1OC(CO)[C@H](O)[C@H](O)C1C. The number of hydrogen-bond acceptors (Lipinski definition) is 24. The van der Waals surface area contributed by atoms with Crippen LogP contribution in [0.5, 0.6) is 0 Å². The first-order valence-corrected chi connectivity index (χ1v) is 30.9. The zero-order valence-corrected chi connectivity index (χ0v) is 53.0. The van der Waals surface area contributed by atoms with Gasteiger partial charge in [0.25, 0.3) is 0 Å². The summed E-state index contributed by atoms with van der Waals surface area (Å²) in [5.74, 6) is -2.75. The van der Waals surface area contributed by atoms with Crippen LogP contribution < -0.4 is 26.6 Å². The van der Waals surface area contributed by atoms with Crippen molar-refractivity contribution in [1.82, 2.24) is 26.6 Å². The number of carbonyl (C=O) groups is 5. The van der Waals surface area contributed by atoms with Crippen LogP contribution in [0.3, 0.4) is 0 Å². The summed E-state index contributed by atoms with van der Waals surface area (Å²) >= 11 is 0. The zero-order valence-electron chi connectivity index (χ0n) is 53.0. The van der Waals surface area contributed by atoms with Crippen LogP contribution in [0.15, 0.2) is 0 Å². The fraction of sp³-hybridized carbons (Fsp3) is 0.919. The fourth-order valence-corrected chi connectivity index (χ4v) is 8.83. The molecule has 0 aliphatic carbocycles. The van der Waals surface area contributed by atoms with Crippen LogP contribution in [0.4, 0.5) is 0 Å². The lowest BCUT2D eigenvalue weighted by molar-refractivity contribution is -0.282. The van der Waals surface area contributed by atoms with Gasteiger partial charge < -0.3 is 120 Å². The predicted octanol–water partition coefficient (Wildman–Crippen LogP) is 0.411. The minimum atomic E-state index is -1.44. The summed E-state index contributed by atoms with van der Waals surface area (Å²) < 4.78 is 56.9. The molecule has 3 saturated heterocycles. The van der Waals surface area contributed by atoms with E-state index in [1.807, 2.05) is 13.8 Å². The van der Waals surface area contributed by atoms with Gasteiger partial charge in [0.05, 0.1) is 97.6 Å². The van der Waals surface area contributed by atoms with Gasteiger partial charge in [-0.25, -0.2) is 0 Å². The van der Waals surface area contributed by atoms with Crippen molar-refractivity contribution in [3.63, 3.8) is 0 Å². The highest BCUT2D eigenvalue weighted by molar-refractivity contribution is 5.79. The third-order valence-corrected chi connectivity index (χ3v) is 14.0. The molecule has 91 heavy (non-hydrogen) atoms. The number of ether oxygens (including phenoxy) is 10. The van der Waals surface area contributed by atoms with Crippen LogP contribution in [0.2, 0.25) is 0 Å². The van der Waals surface area contributed by atoms with E-state index in [0.717, 1.165) is 5.92 Å². The smallest absolute Gasteiger partial charge is 0.222 e. The van der Waals surface area contributed by atoms with Gasteiger partial charge in [-0.2, -0.15) is 0 Å². The molecule has 3 fully saturated rings. The van der Waals surface area contributed by atoms with Gasteiger partial charge in [-0.3, -0.25) is 24.0 Å². The van der Waals surface area contributed by atoms with Crippen LogP contribution in [0.1, 0.15) is 149 Å². The summed E-state index contributed by atoms with van der Waals surface area (Å²) in [6, 6.07) is 0. The van der Waals surface area contributed by atoms with Gasteiger partial charge in [-0.05, 0) is 38.0 Å². The Balaban J connectivity index is -0.00000363. The molecule has 3 aliphatic heterocycles. The first-order valence-electron chi connectivity index (χ1n) is 30.9. The van der Waals surface area contributed by atoms with Gasteiger partial charge in [0.2, 0.25) is 29.5 Å². The van der Waals surface area contributed by atoms with Crippen molar-refractivity contribution in [3.8, 4) is 0 Å². The average Bonchev–Trinajstić information content (AvgIpc) is 1.16. The highest BCUT2D eigenvalue weighted by Gasteiger charge is 2.45. The van der Waals surface area contributed by atoms with Crippen molar-refractivity contribution in [2.45, 2.75) is 229 Å². The Bertz CT molecular complexity index is 1670. The van der Waals surface area contributed by atoms with Crippen LogP contribution in [-0.2, 0) is 71.3 Å². The fourth-order valence-electron chi connectivity index (χ4n) is 8.83. The number of nitrogens with one attached hydrogen (secondary N) is 5. The van der Waals surface area contributed by atoms with E-state index in [0.29, 0.717) is 38.8 Å². The summed E-state index contributed by atoms with van der Waals surface area (Å²) in [4.78, 5) is 64.7. The van der Waals surface area contributed by atoms with E-state index in [4.69, 9.17) is 47.4 Å². The van der Waals surface area contributed by atoms with Crippen molar-refractivity contribution in [1.29, 1.82) is 0 Å². The van der Waals surface area contributed by atoms with E-state index in [1.165, 1.54) is 0 Å². The third kappa shape index (κ3) is 38.1. The molecule has 14 N–H and O–H groups in total. The summed E-state index contributed by atoms with van der Waals surface area (Å²) in [7, 11) is 1.56. The van der Waals surface area contributed by atoms with Crippen molar-refractivity contribution in [2.24, 2.45) is 23.7 Å². The lowest BCUT2D eigenvalue weighted by Gasteiger charge is -2.40. The molecule has 5 amide bonds. The van der Waals surface area contributed by atoms with Gasteiger partial charge in [0, 0.05) is 89.8 Å². The molecule has 0 aromatic carbocycles. The zero-order chi connectivity index (χ0) is 65.3. The molecule has 0 aromatic heterocycles. The minimum Gasteiger partial charge on any atom is -0.394 e. The Morgan fingerprint density at radius 2 is 0.681 bits per heavy atom. The monoisotopic (exact) mass is 1330 g/mol. The molecule has 0 saturated carbocycles. The molecule has 3 heterocycles. The molecule has 3 aliphatic rings. The highest BCUT2D eigenvalue weighted by atomic mass is 16.7. The Morgan fingerprint density at radius 3 is 0.956 bits per heavy atom. The number of methoxy groups -OCH3 is 1. The van der Waals surface area contributed by atoms with Gasteiger partial charge in [-0.1, -0.05) is 85.1 Å². The molecular weight excluding hydrogens is 1200 g/mol. The molecule has 0 spiro atoms. The Morgan fingerprint density at radius 1 is 0.418 bits per heavy atom. The minimum absolute atomic E-state index is 0. The van der Waals surface area contributed by atoms with Gasteiger partial charge in [0.1, 0.15) is 42.2 Å². The first kappa shape index (κ1) is 94.0. The van der Waals surface area contributed by atoms with E-state index in [2.05, 4.69) is 47.4 Å². The summed E-state index contributed by atoms with van der Waals surface area (Å²) in [6.45, 7) is 14.6. The van der Waals surface area contributed by atoms with Gasteiger partial charge in [0.15, 0.2) is 18.9 Å². The second-order valence-corrected chi connectivity index (χ2v) is 22.4. The lowest BCUT2D eigenvalue weighted by Crippen LogP contribution is -2.58. The molecule has 0 bridgehead atoms. The number of aliphatic hydroxyl groups excluding tert-OH is 9. The number of rotatable bonds is 42. The molecule has 15 atom stereocenters. The van der Waals surface area contributed by atoms with E-state index < -0.39 is 123 Å². The van der Waals surface area contributed by atoms with Crippen LogP contribution in [-0.4, -0.2) is 274 Å². The molecule has 3 rings (SSSR count). The van der Waals surface area contributed by atoms with E-state index >= 15 is 0 Å². The van der Waals surface area contributed by atoms with Crippen LogP contribution >= 0.6 is 0 Å². The predicted molar refractivity (Wildman–Crippen MR) is 341 cm³/mol. The summed E-state index contributed by atoms with van der Waals surface area (Å²) in [6.07, 6.45) is -11.4. The Labute approximate surface area is 543 Å². The standard InChI is InChI=1S/C52H95N5O24.C4H10.C2H6.4CH4/c1-32-43(66)46(69)35(26-58)79-49(32)76-20-7-16-54-39(62)12-23-73-29-52(57-42(65)11-5-10-38(61)53-15-6-19-72-4,30-74-24-13-40(63)55-17-8-21-77-50-33(2)44(67)47(70)36(27-59)80-50)31-75-25-14-41(64)56-18-9-22-78-51-34(3)45(68)48(71)37(28-60)81-51;1-4(2)3;1-2;;;;/h32-37,43-51,58-60,66-71H,5-31H2,1-4H3,(H,53,61)(H,54,62)(H,55,63)(H,56,64)(H,57,65);4H,1-3H3;1-2H3;4*1H4/t32?,33?,34?,35?,36?,37?,43-,44-,45-,46+,47+,48+,49-,50-,51-,52?;;;;;;/m1....../s1. The molecular formula is C62H127N5O24. The van der Waals surface area contributed by atoms with Crippen molar-refractivity contribution in [2.75, 3.05) is 119 Å². The number of amides is 5. The van der Waals surface area contributed by atoms with Crippen LogP contribution in [0.25, 0.3) is 0 Å². The maximum absolute atomic E-state index is 13.6. The topological polar surface area (TPSA) is 420 Å². The summed E-state index contributed by atoms with van der Waals surface area (Å²) in [5.41, 5.74) is -1.44. The van der Waals surface area contributed by atoms with Gasteiger partial charge >= 0.3 is 0 Å². The van der Waals surface area contributed by atoms with Crippen LogP contribution in [0, 0.1) is 23.7 Å². The highest BCUT2D eigenvalue weighted by Crippen LogP contribution is 2.29. The van der Waals surface area contributed by atoms with E-state index in [1.54, 1.807) is 27.9 Å². The molecule has 0 radical (unpaired) electrons. The molecule has 29 nitrogen and oxygen atoms in total. The number of hydrogen-bond donors (Lipinski definition) is 14. The average molecular weight is 1330 g/mol. The second-order valence-electron chi connectivity index (χ2n) is 22.4. The Kier molecular flexibility index (Phi) is 56.6. The maximum atomic E-state index is 13.6. The first-order chi connectivity index (χ1) is 41.5. The second kappa shape index (κ2) is 54.8. The van der Waals surface area contributed by atoms with Gasteiger partial charge in [-0.15, -0.1) is 0 Å². The van der Waals surface area contributed by atoms with Crippen molar-refractivity contribution < 1.29 is 117 Å². The van der Waals surface area contributed by atoms with Crippen molar-refractivity contribution >= 4 is 29.5 Å². The van der Waals surface area contributed by atoms with E-state index in [-0.39, 0.29) is 171 Å². The Hall–Kier alpha value is -3.41. The maximum Gasteiger partial charge on any atom is 0.222 e. The van der Waals surface area contributed by atoms with E-state index in [9.17, 15) is 69.9 Å². The molecule has 29 heteroatoms. The lowest BCUT2D eigenvalue weighted by atomic mass is 9.92. The quantitative estimate of drug-likeness (QED) is 0.0368. The third-order valence-electron chi connectivity index (χ3n) is 14.0. The number of aliphatic hydroxyl groups is 9. The van der Waals surface area contributed by atoms with Crippen molar-refractivity contribution in [3.05, 3.63) is 0 Å². The molecule has 544 valence electrons. The normalized spacial score (nSPS) is 26.6. The summed E-state index contributed by atoms with van der Waals surface area (Å²) in [5, 5.41) is 104. The molecule has 0 aromatic rings. The number of carbonyl (C=O) groups excluding carboxylic acids is 5. The molecule has 6 unspecified atom stereocenters.